The van der Waals surface area contributed by atoms with Gasteiger partial charge in [0.15, 0.2) is 0 Å². The molecule has 20 nitrogen and oxygen atoms in total. The molecule has 0 saturated heterocycles. The Balaban J connectivity index is -0.000000111. The largest absolute Gasteiger partial charge is 0.535 e. The van der Waals surface area contributed by atoms with Gasteiger partial charge in [-0.25, -0.2) is 28.1 Å². The van der Waals surface area contributed by atoms with E-state index in [-0.39, 0.29) is 19.8 Å². The molecule has 0 aliphatic heterocycles. The molecule has 24 heteroatoms. The van der Waals surface area contributed by atoms with Crippen LogP contribution >= 0.6 is 35.1 Å². The summed E-state index contributed by atoms with van der Waals surface area (Å²) in [6, 6.07) is 0. The van der Waals surface area contributed by atoms with Crippen LogP contribution in [-0.2, 0) is 59.8 Å². The number of phosphoric ester groups is 3. The van der Waals surface area contributed by atoms with Crippen molar-refractivity contribution >= 4 is 52.8 Å². The molecule has 0 aromatic carbocycles. The van der Waals surface area contributed by atoms with Gasteiger partial charge < -0.3 is 38.0 Å². The number of aliphatic hydroxyl groups is 1. The lowest BCUT2D eigenvalue weighted by Gasteiger charge is -2.29. The molecule has 0 aromatic heterocycles. The van der Waals surface area contributed by atoms with Crippen molar-refractivity contribution in [2.75, 3.05) is 40.1 Å². The van der Waals surface area contributed by atoms with Gasteiger partial charge in [0.25, 0.3) is 0 Å². The summed E-state index contributed by atoms with van der Waals surface area (Å²) in [5, 5.41) is 7.57. The number of phosphoric acid groups is 3. The maximum atomic E-state index is 12.4. The van der Waals surface area contributed by atoms with E-state index in [0.29, 0.717) is 6.61 Å². The lowest BCUT2D eigenvalue weighted by Crippen LogP contribution is -2.25. The van der Waals surface area contributed by atoms with Crippen molar-refractivity contribution < 1.29 is 94.0 Å². The maximum Gasteiger partial charge on any atom is 0.535 e. The average Bonchev–Trinajstić information content (AvgIpc) is 2.90. The molecule has 0 aromatic rings. The number of methoxy groups -OCH3 is 1. The molecule has 56 heavy (non-hydrogen) atoms. The summed E-state index contributed by atoms with van der Waals surface area (Å²) in [5.41, 5.74) is -3.68. The fourth-order valence-corrected chi connectivity index (χ4v) is 5.49. The normalized spacial score (nSPS) is 11.4. The monoisotopic (exact) mass is 906 g/mol. The van der Waals surface area contributed by atoms with E-state index in [2.05, 4.69) is 28.0 Å². The fraction of sp³-hybridized carbons (Fsp3) is 0.906. The average molecular weight is 907 g/mol. The minimum absolute atomic E-state index is 0.0127. The number of hydrogen-bond donors (Lipinski definition) is 4. The molecule has 0 fully saturated rings. The van der Waals surface area contributed by atoms with Crippen molar-refractivity contribution in [2.24, 2.45) is 0 Å². The zero-order valence-corrected chi connectivity index (χ0v) is 40.5. The quantitative estimate of drug-likeness (QED) is 0.0686. The predicted molar refractivity (Wildman–Crippen MR) is 214 cm³/mol. The summed E-state index contributed by atoms with van der Waals surface area (Å²) in [6.07, 6.45) is -2.44. The summed E-state index contributed by atoms with van der Waals surface area (Å²) in [6.45, 7) is 34.2. The molecule has 4 N–H and O–H groups in total. The Morgan fingerprint density at radius 1 is 0.536 bits per heavy atom. The molecule has 0 unspecified atom stereocenters. The number of rotatable bonds is 10. The predicted octanol–water partition coefficient (Wildman–Crippen LogP) is 9.93. The van der Waals surface area contributed by atoms with Gasteiger partial charge in [0, 0.05) is 31.9 Å². The second kappa shape index (κ2) is 35.6. The first-order valence-corrected chi connectivity index (χ1v) is 22.2. The molecular formula is C32H74ClO20P3. The van der Waals surface area contributed by atoms with Crippen LogP contribution in [0.15, 0.2) is 0 Å². The van der Waals surface area contributed by atoms with Gasteiger partial charge in [-0.2, -0.15) is 0 Å². The highest BCUT2D eigenvalue weighted by Crippen LogP contribution is 2.55. The highest BCUT2D eigenvalue weighted by molar-refractivity contribution is 7.49. The zero-order valence-electron chi connectivity index (χ0n) is 37.1. The summed E-state index contributed by atoms with van der Waals surface area (Å²) in [7, 11) is -11.0. The topological polar surface area (TPSA) is 276 Å². The molecule has 0 saturated carbocycles. The molecule has 0 rings (SSSR count). The van der Waals surface area contributed by atoms with Crippen molar-refractivity contribution in [3.8, 4) is 0 Å². The van der Waals surface area contributed by atoms with Crippen LogP contribution in [0.1, 0.15) is 132 Å². The van der Waals surface area contributed by atoms with Crippen molar-refractivity contribution in [2.45, 2.75) is 154 Å². The number of carbonyl (C=O) groups is 3. The Morgan fingerprint density at radius 3 is 0.946 bits per heavy atom. The van der Waals surface area contributed by atoms with E-state index in [4.69, 9.17) is 44.6 Å². The zero-order chi connectivity index (χ0) is 46.8. The van der Waals surface area contributed by atoms with Crippen LogP contribution in [0.2, 0.25) is 0 Å². The molecule has 344 valence electrons. The molecular weight excluding hydrogens is 833 g/mol. The van der Waals surface area contributed by atoms with E-state index in [9.17, 15) is 33.0 Å². The van der Waals surface area contributed by atoms with E-state index in [1.165, 1.54) is 6.92 Å². The third-order valence-corrected chi connectivity index (χ3v) is 6.97. The maximum absolute atomic E-state index is 12.4. The Hall–Kier alpha value is -1.37. The molecule has 0 radical (unpaired) electrons. The van der Waals surface area contributed by atoms with E-state index in [0.717, 1.165) is 6.61 Å². The highest BCUT2D eigenvalue weighted by Gasteiger charge is 2.40. The molecule has 0 spiro atoms. The lowest BCUT2D eigenvalue weighted by atomic mass is 10.2. The summed E-state index contributed by atoms with van der Waals surface area (Å²) >= 11 is 4.72. The molecule has 0 heterocycles. The first kappa shape index (κ1) is 69.3. The van der Waals surface area contributed by atoms with E-state index >= 15 is 0 Å². The molecule has 0 aliphatic carbocycles. The molecule has 0 bridgehead atoms. The number of halogens is 1. The van der Waals surface area contributed by atoms with Crippen LogP contribution in [0, 0.1) is 0 Å². The Bertz CT molecular complexity index is 1080. The van der Waals surface area contributed by atoms with Crippen molar-refractivity contribution in [1.82, 2.24) is 0 Å². The van der Waals surface area contributed by atoms with Crippen molar-refractivity contribution in [3.63, 3.8) is 0 Å². The van der Waals surface area contributed by atoms with E-state index in [1.54, 1.807) is 111 Å². The van der Waals surface area contributed by atoms with Crippen LogP contribution in [0.4, 0.5) is 14.4 Å². The van der Waals surface area contributed by atoms with E-state index < -0.39 is 63.6 Å². The molecule has 0 amide bonds. The van der Waals surface area contributed by atoms with Crippen molar-refractivity contribution in [3.05, 3.63) is 0 Å². The van der Waals surface area contributed by atoms with Gasteiger partial charge in [-0.15, -0.1) is 0 Å². The number of hydrogen-bond acceptors (Lipinski definition) is 17. The number of aliphatic hydroxyl groups excluding tert-OH is 1. The summed E-state index contributed by atoms with van der Waals surface area (Å²) in [4.78, 5) is 56.3. The van der Waals surface area contributed by atoms with Crippen LogP contribution in [-0.4, -0.2) is 100 Å². The third kappa shape index (κ3) is 77.2. The highest BCUT2D eigenvalue weighted by atomic mass is 35.5. The Morgan fingerprint density at radius 2 is 0.786 bits per heavy atom. The Labute approximate surface area is 340 Å². The minimum atomic E-state index is -4.73. The summed E-state index contributed by atoms with van der Waals surface area (Å²) < 4.78 is 79.4. The van der Waals surface area contributed by atoms with Crippen molar-refractivity contribution in [1.29, 1.82) is 0 Å². The molecule has 0 aliphatic rings. The SMILES string of the molecule is CC.CC(C)(C)OP(=O)(O)OC(C)(C)C.CCO.CCOC.CCOC(=O)Cl.CCOC(=O)OP(=O)(O)O.CCOC(=O)OP(=O)(OC(C)(C)C)OC(C)(C)C. The smallest absolute Gasteiger partial charge is 0.454 e. The first-order valence-electron chi connectivity index (χ1n) is 17.3. The summed E-state index contributed by atoms with van der Waals surface area (Å²) in [5.74, 6) is 0. The second-order valence-electron chi connectivity index (χ2n) is 13.3. The van der Waals surface area contributed by atoms with Crippen LogP contribution in [0.25, 0.3) is 0 Å². The van der Waals surface area contributed by atoms with Gasteiger partial charge in [0.1, 0.15) is 0 Å². The lowest BCUT2D eigenvalue weighted by molar-refractivity contribution is 0.00241. The van der Waals surface area contributed by atoms with Crippen LogP contribution < -0.4 is 0 Å². The number of carbonyl (C=O) groups excluding carboxylic acids is 3. The van der Waals surface area contributed by atoms with Gasteiger partial charge >= 0.3 is 41.2 Å². The van der Waals surface area contributed by atoms with Crippen LogP contribution in [0.3, 0.4) is 0 Å². The Kier molecular flexibility index (Phi) is 44.0. The van der Waals surface area contributed by atoms with Gasteiger partial charge in [-0.1, -0.05) is 13.8 Å². The van der Waals surface area contributed by atoms with Gasteiger partial charge in [-0.3, -0.25) is 27.9 Å². The van der Waals surface area contributed by atoms with Gasteiger partial charge in [-0.05, 0) is 118 Å². The minimum Gasteiger partial charge on any atom is -0.454 e. The fourth-order valence-electron chi connectivity index (χ4n) is 2.03. The van der Waals surface area contributed by atoms with Gasteiger partial charge in [0.05, 0.1) is 42.2 Å². The number of ether oxygens (including phenoxy) is 4. The molecule has 0 atom stereocenters. The van der Waals surface area contributed by atoms with Crippen LogP contribution in [0.5, 0.6) is 0 Å². The standard InChI is InChI=1S/C11H23O6P.C8H19O4P.C3H5ClO2.C3H7O6P.C3H8O.C2H6O.C2H6/c1-8-14-9(12)15-18(13,16-10(2,3)4)17-11(5,6)7;1-7(2,3)11-13(9,10)12-8(4,5)6;1-2-6-3(4)5;1-2-8-3(4)9-10(5,6)7;1-3-4-2;1-2-3;1-2/h8H2,1-7H3;1-6H3,(H,9,10);2H2,1H3;2H2,1H3,(H2,5,6,7);3H2,1-2H3;3H,2H2,1H3;1-2H3. The van der Waals surface area contributed by atoms with Gasteiger partial charge in [0.2, 0.25) is 0 Å². The second-order valence-corrected chi connectivity index (χ2v) is 17.6. The first-order chi connectivity index (χ1) is 24.8. The van der Waals surface area contributed by atoms with E-state index in [1.807, 2.05) is 20.8 Å². The third-order valence-electron chi connectivity index (χ3n) is 3.00.